The first-order valence-electron chi connectivity index (χ1n) is 9.15. The molecule has 0 aliphatic carbocycles. The maximum absolute atomic E-state index is 9.59. The number of benzene rings is 5. The summed E-state index contributed by atoms with van der Waals surface area (Å²) in [7, 11) is 0. The lowest BCUT2D eigenvalue weighted by atomic mass is 9.85. The van der Waals surface area contributed by atoms with Crippen LogP contribution in [0.15, 0.2) is 60.7 Å². The lowest BCUT2D eigenvalue weighted by molar-refractivity contribution is 0.300. The quantitative estimate of drug-likeness (QED) is 0.364. The highest BCUT2D eigenvalue weighted by Gasteiger charge is 2.16. The first-order chi connectivity index (χ1) is 12.8. The van der Waals surface area contributed by atoms with Gasteiger partial charge in [-0.2, -0.15) is 0 Å². The SMILES string of the molecule is OCCc1ccc2c3cccc4cccc(c5c(CCO)ccc1c25)c43. The molecule has 0 radical (unpaired) electrons. The van der Waals surface area contributed by atoms with Crippen LogP contribution in [0.5, 0.6) is 0 Å². The molecule has 0 unspecified atom stereocenters. The van der Waals surface area contributed by atoms with Gasteiger partial charge in [0.1, 0.15) is 0 Å². The molecule has 5 aromatic rings. The molecule has 0 fully saturated rings. The third-order valence-corrected chi connectivity index (χ3v) is 5.58. The van der Waals surface area contributed by atoms with Crippen LogP contribution in [0.1, 0.15) is 11.1 Å². The van der Waals surface area contributed by atoms with Gasteiger partial charge in [-0.25, -0.2) is 0 Å². The first-order valence-corrected chi connectivity index (χ1v) is 9.15. The van der Waals surface area contributed by atoms with Crippen molar-refractivity contribution in [3.63, 3.8) is 0 Å². The average Bonchev–Trinajstić information content (AvgIpc) is 2.67. The van der Waals surface area contributed by atoms with E-state index in [1.807, 2.05) is 0 Å². The second kappa shape index (κ2) is 5.94. The molecule has 0 aromatic heterocycles. The zero-order valence-corrected chi connectivity index (χ0v) is 14.5. The molecule has 0 amide bonds. The highest BCUT2D eigenvalue weighted by atomic mass is 16.3. The molecule has 5 aromatic carbocycles. The average molecular weight is 340 g/mol. The van der Waals surface area contributed by atoms with Gasteiger partial charge in [0, 0.05) is 13.2 Å². The van der Waals surface area contributed by atoms with Crippen molar-refractivity contribution in [3.8, 4) is 0 Å². The van der Waals surface area contributed by atoms with Crippen LogP contribution in [-0.2, 0) is 12.8 Å². The molecular formula is C24H20O2. The third-order valence-electron chi connectivity index (χ3n) is 5.58. The van der Waals surface area contributed by atoms with Crippen LogP contribution >= 0.6 is 0 Å². The van der Waals surface area contributed by atoms with Crippen molar-refractivity contribution in [2.75, 3.05) is 13.2 Å². The van der Waals surface area contributed by atoms with E-state index in [1.54, 1.807) is 0 Å². The van der Waals surface area contributed by atoms with Gasteiger partial charge in [-0.15, -0.1) is 0 Å². The van der Waals surface area contributed by atoms with Crippen LogP contribution in [0.3, 0.4) is 0 Å². The maximum Gasteiger partial charge on any atom is 0.0471 e. The summed E-state index contributed by atoms with van der Waals surface area (Å²) in [6.45, 7) is 0.288. The predicted molar refractivity (Wildman–Crippen MR) is 109 cm³/mol. The molecule has 5 rings (SSSR count). The second-order valence-corrected chi connectivity index (χ2v) is 6.95. The molecule has 2 heteroatoms. The van der Waals surface area contributed by atoms with E-state index in [9.17, 15) is 10.2 Å². The van der Waals surface area contributed by atoms with E-state index in [1.165, 1.54) is 54.2 Å². The second-order valence-electron chi connectivity index (χ2n) is 6.95. The van der Waals surface area contributed by atoms with Crippen molar-refractivity contribution in [2.24, 2.45) is 0 Å². The Morgan fingerprint density at radius 3 is 1.88 bits per heavy atom. The lowest BCUT2D eigenvalue weighted by Crippen LogP contribution is -1.98. The van der Waals surface area contributed by atoms with Gasteiger partial charge in [0.15, 0.2) is 0 Å². The summed E-state index contributed by atoms with van der Waals surface area (Å²) in [5.41, 5.74) is 2.36. The molecule has 0 aliphatic heterocycles. The van der Waals surface area contributed by atoms with Crippen LogP contribution in [0.25, 0.3) is 43.1 Å². The van der Waals surface area contributed by atoms with Gasteiger partial charge in [-0.05, 0) is 67.1 Å². The van der Waals surface area contributed by atoms with E-state index in [0.717, 1.165) is 0 Å². The fourth-order valence-corrected chi connectivity index (χ4v) is 4.52. The minimum absolute atomic E-state index is 0.141. The normalized spacial score (nSPS) is 12.1. The Morgan fingerprint density at radius 2 is 1.12 bits per heavy atom. The van der Waals surface area contributed by atoms with Crippen molar-refractivity contribution < 1.29 is 10.2 Å². The van der Waals surface area contributed by atoms with Crippen molar-refractivity contribution in [2.45, 2.75) is 12.8 Å². The van der Waals surface area contributed by atoms with Gasteiger partial charge in [0.2, 0.25) is 0 Å². The largest absolute Gasteiger partial charge is 0.396 e. The fourth-order valence-electron chi connectivity index (χ4n) is 4.52. The Hall–Kier alpha value is -2.68. The monoisotopic (exact) mass is 340 g/mol. The summed E-state index contributed by atoms with van der Waals surface area (Å²) in [6, 6.07) is 21.6. The smallest absolute Gasteiger partial charge is 0.0471 e. The summed E-state index contributed by atoms with van der Waals surface area (Å²) in [4.78, 5) is 0. The first kappa shape index (κ1) is 15.6. The molecule has 0 atom stereocenters. The molecule has 0 saturated carbocycles. The molecule has 0 heterocycles. The topological polar surface area (TPSA) is 40.5 Å². The van der Waals surface area contributed by atoms with E-state index in [-0.39, 0.29) is 13.2 Å². The summed E-state index contributed by atoms with van der Waals surface area (Å²) in [5, 5.41) is 29.1. The van der Waals surface area contributed by atoms with Gasteiger partial charge >= 0.3 is 0 Å². The maximum atomic E-state index is 9.59. The van der Waals surface area contributed by atoms with E-state index in [4.69, 9.17) is 0 Å². The van der Waals surface area contributed by atoms with E-state index >= 15 is 0 Å². The summed E-state index contributed by atoms with van der Waals surface area (Å²) in [6.07, 6.45) is 1.30. The van der Waals surface area contributed by atoms with Crippen LogP contribution in [0, 0.1) is 0 Å². The molecule has 0 spiro atoms. The number of aliphatic hydroxyl groups is 2. The Bertz CT molecular complexity index is 1250. The van der Waals surface area contributed by atoms with Gasteiger partial charge in [0.05, 0.1) is 0 Å². The third kappa shape index (κ3) is 2.06. The number of aliphatic hydroxyl groups excluding tert-OH is 2. The van der Waals surface area contributed by atoms with Crippen LogP contribution in [-0.4, -0.2) is 23.4 Å². The minimum atomic E-state index is 0.141. The van der Waals surface area contributed by atoms with Crippen molar-refractivity contribution in [3.05, 3.63) is 71.8 Å². The van der Waals surface area contributed by atoms with E-state index in [2.05, 4.69) is 60.7 Å². The number of rotatable bonds is 4. The van der Waals surface area contributed by atoms with Crippen LogP contribution in [0.2, 0.25) is 0 Å². The Kier molecular flexibility index (Phi) is 3.56. The summed E-state index contributed by atoms with van der Waals surface area (Å²) in [5.74, 6) is 0. The summed E-state index contributed by atoms with van der Waals surface area (Å²) >= 11 is 0. The van der Waals surface area contributed by atoms with Crippen LogP contribution in [0.4, 0.5) is 0 Å². The van der Waals surface area contributed by atoms with Crippen LogP contribution < -0.4 is 0 Å². The molecule has 2 nitrogen and oxygen atoms in total. The zero-order chi connectivity index (χ0) is 17.7. The molecular weight excluding hydrogens is 320 g/mol. The molecule has 26 heavy (non-hydrogen) atoms. The Labute approximate surface area is 151 Å². The number of fused-ring (bicyclic) bond motifs is 2. The zero-order valence-electron chi connectivity index (χ0n) is 14.5. The molecule has 0 aliphatic rings. The molecule has 0 bridgehead atoms. The molecule has 2 N–H and O–H groups in total. The van der Waals surface area contributed by atoms with E-state index in [0.29, 0.717) is 12.8 Å². The highest BCUT2D eigenvalue weighted by Crippen LogP contribution is 2.42. The van der Waals surface area contributed by atoms with Crippen molar-refractivity contribution in [1.29, 1.82) is 0 Å². The van der Waals surface area contributed by atoms with Gasteiger partial charge < -0.3 is 10.2 Å². The predicted octanol–water partition coefficient (Wildman–Crippen LogP) is 4.81. The minimum Gasteiger partial charge on any atom is -0.396 e. The number of hydrogen-bond acceptors (Lipinski definition) is 2. The lowest BCUT2D eigenvalue weighted by Gasteiger charge is -2.18. The Morgan fingerprint density at radius 1 is 0.500 bits per heavy atom. The Balaban J connectivity index is 2.11. The van der Waals surface area contributed by atoms with E-state index < -0.39 is 0 Å². The van der Waals surface area contributed by atoms with Crippen molar-refractivity contribution >= 4 is 43.1 Å². The highest BCUT2D eigenvalue weighted by molar-refractivity contribution is 6.33. The fraction of sp³-hybridized carbons (Fsp3) is 0.167. The van der Waals surface area contributed by atoms with Gasteiger partial charge in [-0.1, -0.05) is 60.7 Å². The standard InChI is InChI=1S/C24H20O2/c25-13-11-15-7-10-20-19-5-1-3-16-4-2-6-21(22(16)19)23-17(12-14-26)8-9-18(15)24(20)23/h1-10,25-26H,11-14H2. The summed E-state index contributed by atoms with van der Waals surface area (Å²) < 4.78 is 0. The number of hydrogen-bond donors (Lipinski definition) is 2. The molecule has 128 valence electrons. The van der Waals surface area contributed by atoms with Gasteiger partial charge in [-0.3, -0.25) is 0 Å². The van der Waals surface area contributed by atoms with Gasteiger partial charge in [0.25, 0.3) is 0 Å². The van der Waals surface area contributed by atoms with Crippen molar-refractivity contribution in [1.82, 2.24) is 0 Å². The molecule has 0 saturated heterocycles.